The first-order chi connectivity index (χ1) is 15.8. The van der Waals surface area contributed by atoms with Crippen LogP contribution >= 0.6 is 0 Å². The van der Waals surface area contributed by atoms with Crippen molar-refractivity contribution in [1.82, 2.24) is 24.5 Å². The summed E-state index contributed by atoms with van der Waals surface area (Å²) in [6.45, 7) is 1.75. The molecule has 33 heavy (non-hydrogen) atoms. The molecular weight excluding hydrogens is 426 g/mol. The fourth-order valence-electron chi connectivity index (χ4n) is 3.77. The highest BCUT2D eigenvalue weighted by atomic mass is 16.6. The third-order valence-electron chi connectivity index (χ3n) is 5.32. The lowest BCUT2D eigenvalue weighted by atomic mass is 10.0. The monoisotopic (exact) mass is 449 g/mol. The van der Waals surface area contributed by atoms with Gasteiger partial charge >= 0.3 is 5.97 Å². The number of hydrogen-bond donors (Lipinski definition) is 1. The smallest absolute Gasteiger partial charge is 0.307 e. The van der Waals surface area contributed by atoms with Gasteiger partial charge in [-0.1, -0.05) is 6.07 Å². The minimum absolute atomic E-state index is 0.0504. The highest BCUT2D eigenvalue weighted by Crippen LogP contribution is 2.37. The van der Waals surface area contributed by atoms with E-state index < -0.39 is 16.9 Å². The Morgan fingerprint density at radius 1 is 1.24 bits per heavy atom. The Hall–Kier alpha value is -4.28. The van der Waals surface area contributed by atoms with E-state index in [9.17, 15) is 14.9 Å². The number of aryl methyl sites for hydroxylation is 2. The molecule has 0 radical (unpaired) electrons. The number of fused-ring (bicyclic) bond motifs is 1. The number of nitro groups is 1. The molecule has 3 heterocycles. The number of carbonyl (C=O) groups excluding carboxylic acids is 1. The maximum Gasteiger partial charge on any atom is 0.307 e. The van der Waals surface area contributed by atoms with Crippen molar-refractivity contribution in [3.63, 3.8) is 0 Å². The second-order valence-corrected chi connectivity index (χ2v) is 7.74. The number of carbonyl (C=O) groups is 1. The first-order valence-corrected chi connectivity index (χ1v) is 10.2. The number of esters is 1. The van der Waals surface area contributed by atoms with E-state index in [1.165, 1.54) is 19.4 Å². The average Bonchev–Trinajstić information content (AvgIpc) is 3.36. The highest BCUT2D eigenvalue weighted by molar-refractivity contribution is 5.97. The molecule has 11 heteroatoms. The van der Waals surface area contributed by atoms with E-state index in [-0.39, 0.29) is 17.8 Å². The van der Waals surface area contributed by atoms with Crippen molar-refractivity contribution < 1.29 is 14.5 Å². The van der Waals surface area contributed by atoms with E-state index in [0.717, 1.165) is 22.2 Å². The van der Waals surface area contributed by atoms with E-state index in [1.54, 1.807) is 22.5 Å². The number of methoxy groups -OCH3 is 1. The van der Waals surface area contributed by atoms with Crippen LogP contribution in [0.15, 0.2) is 42.9 Å². The summed E-state index contributed by atoms with van der Waals surface area (Å²) in [6.07, 6.45) is 5.07. The Bertz CT molecular complexity index is 1360. The summed E-state index contributed by atoms with van der Waals surface area (Å²) >= 11 is 0. The van der Waals surface area contributed by atoms with Crippen LogP contribution in [0.4, 0.5) is 11.4 Å². The zero-order valence-corrected chi connectivity index (χ0v) is 18.6. The molecule has 11 nitrogen and oxygen atoms in total. The molecule has 3 aromatic heterocycles. The third kappa shape index (κ3) is 4.25. The summed E-state index contributed by atoms with van der Waals surface area (Å²) < 4.78 is 8.19. The Morgan fingerprint density at radius 3 is 2.70 bits per heavy atom. The first-order valence-electron chi connectivity index (χ1n) is 10.2. The van der Waals surface area contributed by atoms with Crippen LogP contribution in [0.2, 0.25) is 0 Å². The quantitative estimate of drug-likeness (QED) is 0.258. The molecule has 4 rings (SSSR count). The summed E-state index contributed by atoms with van der Waals surface area (Å²) in [6, 6.07) is 6.58. The van der Waals surface area contributed by atoms with E-state index in [0.29, 0.717) is 11.3 Å². The van der Waals surface area contributed by atoms with Gasteiger partial charge < -0.3 is 10.1 Å². The predicted molar refractivity (Wildman–Crippen MR) is 123 cm³/mol. The van der Waals surface area contributed by atoms with Crippen LogP contribution in [0.25, 0.3) is 33.4 Å². The summed E-state index contributed by atoms with van der Waals surface area (Å²) in [4.78, 5) is 27.4. The van der Waals surface area contributed by atoms with Gasteiger partial charge in [-0.3, -0.25) is 29.3 Å². The van der Waals surface area contributed by atoms with Crippen LogP contribution in [-0.4, -0.2) is 48.6 Å². The molecule has 0 aliphatic carbocycles. The summed E-state index contributed by atoms with van der Waals surface area (Å²) in [7, 11) is 4.99. The topological polar surface area (TPSA) is 130 Å². The van der Waals surface area contributed by atoms with Gasteiger partial charge in [-0.15, -0.1) is 0 Å². The second-order valence-electron chi connectivity index (χ2n) is 7.74. The normalized spacial score (nSPS) is 12.0. The van der Waals surface area contributed by atoms with Gasteiger partial charge in [-0.05, 0) is 19.1 Å². The van der Waals surface area contributed by atoms with Crippen LogP contribution in [0.3, 0.4) is 0 Å². The number of ether oxygens (including phenoxy) is 1. The molecule has 1 N–H and O–H groups in total. The number of aromatic nitrogens is 5. The highest BCUT2D eigenvalue weighted by Gasteiger charge is 2.23. The zero-order chi connectivity index (χ0) is 23.7. The van der Waals surface area contributed by atoms with E-state index >= 15 is 0 Å². The lowest BCUT2D eigenvalue weighted by molar-refractivity contribution is -0.384. The molecule has 0 spiro atoms. The molecule has 4 aromatic rings. The van der Waals surface area contributed by atoms with Crippen LogP contribution < -0.4 is 5.32 Å². The van der Waals surface area contributed by atoms with Crippen molar-refractivity contribution in [2.24, 2.45) is 14.1 Å². The number of hydrogen-bond acceptors (Lipinski definition) is 8. The molecule has 170 valence electrons. The van der Waals surface area contributed by atoms with Gasteiger partial charge in [0.05, 0.1) is 30.2 Å². The van der Waals surface area contributed by atoms with Gasteiger partial charge in [0.2, 0.25) is 0 Å². The van der Waals surface area contributed by atoms with E-state index in [4.69, 9.17) is 4.74 Å². The number of pyridine rings is 1. The molecule has 0 fully saturated rings. The Labute approximate surface area is 189 Å². The number of nitrogens with one attached hydrogen (secondary N) is 1. The van der Waals surface area contributed by atoms with E-state index in [2.05, 4.69) is 20.5 Å². The molecule has 0 aliphatic rings. The Morgan fingerprint density at radius 2 is 2.03 bits per heavy atom. The lowest BCUT2D eigenvalue weighted by Gasteiger charge is -2.17. The van der Waals surface area contributed by atoms with Gasteiger partial charge in [0, 0.05) is 55.1 Å². The Balaban J connectivity index is 1.84. The molecule has 1 aromatic carbocycles. The maximum absolute atomic E-state index is 11.7. The number of anilines is 1. The lowest BCUT2D eigenvalue weighted by Crippen LogP contribution is -2.21. The largest absolute Gasteiger partial charge is 0.469 e. The van der Waals surface area contributed by atoms with Crippen molar-refractivity contribution in [3.05, 3.63) is 53.0 Å². The van der Waals surface area contributed by atoms with Gasteiger partial charge in [0.1, 0.15) is 17.1 Å². The predicted octanol–water partition coefficient (Wildman–Crippen LogP) is 3.31. The SMILES string of the molecule is COC(=O)CC(C)Nc1c([N+](=O)[O-])ccnc1-c1ccc2c(c1)c(-c1cnn(C)c1)nn2C. The van der Waals surface area contributed by atoms with Gasteiger partial charge in [0.15, 0.2) is 0 Å². The van der Waals surface area contributed by atoms with Crippen molar-refractivity contribution in [2.45, 2.75) is 19.4 Å². The fourth-order valence-corrected chi connectivity index (χ4v) is 3.77. The van der Waals surface area contributed by atoms with Crippen LogP contribution in [0.1, 0.15) is 13.3 Å². The zero-order valence-electron chi connectivity index (χ0n) is 18.6. The molecule has 1 unspecified atom stereocenters. The molecule has 0 amide bonds. The minimum Gasteiger partial charge on any atom is -0.469 e. The van der Waals surface area contributed by atoms with Gasteiger partial charge in [-0.25, -0.2) is 0 Å². The van der Waals surface area contributed by atoms with Crippen LogP contribution in [0.5, 0.6) is 0 Å². The number of benzene rings is 1. The molecule has 1 atom stereocenters. The molecule has 0 saturated heterocycles. The van der Waals surface area contributed by atoms with Crippen molar-refractivity contribution >= 4 is 28.2 Å². The third-order valence-corrected chi connectivity index (χ3v) is 5.32. The maximum atomic E-state index is 11.7. The minimum atomic E-state index is -0.470. The molecule has 0 saturated carbocycles. The standard InChI is InChI=1S/C22H23N7O4/c1-13(9-19(30)33-4)25-22-18(29(31)32)7-8-23-21(22)14-5-6-17-16(10-14)20(26-28(17)3)15-11-24-27(2)12-15/h5-8,10-13,25H,9H2,1-4H3. The molecular formula is C22H23N7O4. The molecule has 0 bridgehead atoms. The summed E-state index contributed by atoms with van der Waals surface area (Å²) in [5.41, 5.74) is 3.71. The van der Waals surface area contributed by atoms with Gasteiger partial charge in [0.25, 0.3) is 5.69 Å². The second kappa shape index (κ2) is 8.69. The fraction of sp³-hybridized carbons (Fsp3) is 0.273. The van der Waals surface area contributed by atoms with Crippen molar-refractivity contribution in [3.8, 4) is 22.5 Å². The summed E-state index contributed by atoms with van der Waals surface area (Å²) in [5, 5.41) is 24.6. The molecule has 0 aliphatic heterocycles. The van der Waals surface area contributed by atoms with Crippen LogP contribution in [0, 0.1) is 10.1 Å². The van der Waals surface area contributed by atoms with Crippen molar-refractivity contribution in [2.75, 3.05) is 12.4 Å². The Kier molecular flexibility index (Phi) is 5.78. The van der Waals surface area contributed by atoms with Crippen LogP contribution in [-0.2, 0) is 23.6 Å². The van der Waals surface area contributed by atoms with Gasteiger partial charge in [-0.2, -0.15) is 10.2 Å². The first kappa shape index (κ1) is 21.9. The number of rotatable bonds is 7. The average molecular weight is 449 g/mol. The van der Waals surface area contributed by atoms with E-state index in [1.807, 2.05) is 38.5 Å². The number of nitrogens with zero attached hydrogens (tertiary/aromatic N) is 6. The summed E-state index contributed by atoms with van der Waals surface area (Å²) in [5.74, 6) is -0.416. The van der Waals surface area contributed by atoms with Crippen molar-refractivity contribution in [1.29, 1.82) is 0 Å².